The van der Waals surface area contributed by atoms with Gasteiger partial charge in [0.05, 0.1) is 10.7 Å². The van der Waals surface area contributed by atoms with E-state index in [0.717, 1.165) is 10.0 Å². The van der Waals surface area contributed by atoms with Crippen LogP contribution in [-0.4, -0.2) is 5.11 Å². The molecule has 0 saturated heterocycles. The highest BCUT2D eigenvalue weighted by Crippen LogP contribution is 2.44. The molecule has 1 aliphatic carbocycles. The minimum absolute atomic E-state index is 0.582. The first kappa shape index (κ1) is 11.1. The molecule has 1 fully saturated rings. The van der Waals surface area contributed by atoms with Gasteiger partial charge in [-0.25, -0.2) is 0 Å². The second-order valence-electron chi connectivity index (χ2n) is 4.44. The molecular formula is C14H13BrO2. The van der Waals surface area contributed by atoms with Gasteiger partial charge < -0.3 is 9.52 Å². The van der Waals surface area contributed by atoms with Crippen molar-refractivity contribution in [2.45, 2.75) is 24.9 Å². The van der Waals surface area contributed by atoms with E-state index in [1.54, 1.807) is 12.3 Å². The molecule has 1 N–H and O–H groups in total. The van der Waals surface area contributed by atoms with E-state index in [4.69, 9.17) is 4.42 Å². The molecule has 1 heterocycles. The van der Waals surface area contributed by atoms with Crippen LogP contribution in [0, 0.1) is 0 Å². The van der Waals surface area contributed by atoms with Crippen molar-refractivity contribution in [2.75, 3.05) is 0 Å². The topological polar surface area (TPSA) is 33.4 Å². The van der Waals surface area contributed by atoms with E-state index in [1.807, 2.05) is 18.2 Å². The monoisotopic (exact) mass is 292 g/mol. The number of hydrogen-bond acceptors (Lipinski definition) is 2. The molecule has 1 aromatic heterocycles. The van der Waals surface area contributed by atoms with Gasteiger partial charge in [0.15, 0.2) is 5.76 Å². The van der Waals surface area contributed by atoms with Crippen LogP contribution in [0.15, 0.2) is 45.5 Å². The average molecular weight is 293 g/mol. The maximum absolute atomic E-state index is 10.4. The maximum Gasteiger partial charge on any atom is 0.150 e. The number of furan rings is 1. The van der Waals surface area contributed by atoms with E-state index in [-0.39, 0.29) is 0 Å². The van der Waals surface area contributed by atoms with Crippen molar-refractivity contribution < 1.29 is 9.52 Å². The zero-order valence-electron chi connectivity index (χ0n) is 9.27. The Morgan fingerprint density at radius 2 is 2.00 bits per heavy atom. The summed E-state index contributed by atoms with van der Waals surface area (Å²) in [7, 11) is 0. The highest BCUT2D eigenvalue weighted by molar-refractivity contribution is 9.10. The van der Waals surface area contributed by atoms with Crippen molar-refractivity contribution in [3.63, 3.8) is 0 Å². The molecule has 3 rings (SSSR count). The van der Waals surface area contributed by atoms with Crippen LogP contribution in [0.25, 0.3) is 0 Å². The van der Waals surface area contributed by atoms with Crippen molar-refractivity contribution in [2.24, 2.45) is 0 Å². The van der Waals surface area contributed by atoms with Gasteiger partial charge in [0.2, 0.25) is 0 Å². The molecule has 2 nitrogen and oxygen atoms in total. The first-order valence-corrected chi connectivity index (χ1v) is 6.56. The number of aliphatic hydroxyl groups is 1. The van der Waals surface area contributed by atoms with Crippen molar-refractivity contribution in [1.82, 2.24) is 0 Å². The number of aliphatic hydroxyl groups excluding tert-OH is 1. The van der Waals surface area contributed by atoms with Gasteiger partial charge in [0.1, 0.15) is 6.10 Å². The number of halogens is 1. The fourth-order valence-corrected chi connectivity index (χ4v) is 2.59. The second-order valence-corrected chi connectivity index (χ2v) is 5.29. The van der Waals surface area contributed by atoms with Gasteiger partial charge in [0, 0.05) is 0 Å². The van der Waals surface area contributed by atoms with E-state index in [9.17, 15) is 5.11 Å². The van der Waals surface area contributed by atoms with Gasteiger partial charge in [0.25, 0.3) is 0 Å². The molecule has 1 aromatic carbocycles. The average Bonchev–Trinajstić information content (AvgIpc) is 3.11. The van der Waals surface area contributed by atoms with Crippen LogP contribution < -0.4 is 0 Å². The Kier molecular flexibility index (Phi) is 2.81. The van der Waals surface area contributed by atoms with Crippen LogP contribution in [-0.2, 0) is 0 Å². The lowest BCUT2D eigenvalue weighted by Crippen LogP contribution is -2.02. The van der Waals surface area contributed by atoms with Gasteiger partial charge in [-0.15, -0.1) is 0 Å². The fraction of sp³-hybridized carbons (Fsp3) is 0.286. The molecular weight excluding hydrogens is 280 g/mol. The minimum Gasteiger partial charge on any atom is -0.465 e. The summed E-state index contributed by atoms with van der Waals surface area (Å²) in [5.74, 6) is 1.20. The van der Waals surface area contributed by atoms with Gasteiger partial charge in [-0.05, 0) is 51.9 Å². The van der Waals surface area contributed by atoms with E-state index in [1.165, 1.54) is 18.4 Å². The maximum atomic E-state index is 10.4. The normalized spacial score (nSPS) is 17.1. The molecule has 88 valence electrons. The standard InChI is InChI=1S/C14H13BrO2/c15-12-7-8-17-14(12)13(16)11-4-2-1-3-10(11)9-5-6-9/h1-4,7-9,13,16H,5-6H2. The smallest absolute Gasteiger partial charge is 0.150 e. The summed E-state index contributed by atoms with van der Waals surface area (Å²) in [5.41, 5.74) is 2.22. The lowest BCUT2D eigenvalue weighted by molar-refractivity contribution is 0.187. The van der Waals surface area contributed by atoms with Crippen LogP contribution in [0.5, 0.6) is 0 Å². The summed E-state index contributed by atoms with van der Waals surface area (Å²) >= 11 is 3.39. The zero-order chi connectivity index (χ0) is 11.8. The van der Waals surface area contributed by atoms with E-state index in [0.29, 0.717) is 11.7 Å². The molecule has 0 aliphatic heterocycles. The van der Waals surface area contributed by atoms with Crippen molar-refractivity contribution in [1.29, 1.82) is 0 Å². The van der Waals surface area contributed by atoms with E-state index < -0.39 is 6.10 Å². The Balaban J connectivity index is 2.01. The van der Waals surface area contributed by atoms with Crippen molar-refractivity contribution in [3.8, 4) is 0 Å². The largest absolute Gasteiger partial charge is 0.465 e. The van der Waals surface area contributed by atoms with Gasteiger partial charge in [-0.3, -0.25) is 0 Å². The van der Waals surface area contributed by atoms with Crippen LogP contribution in [0.2, 0.25) is 0 Å². The Bertz CT molecular complexity index is 529. The van der Waals surface area contributed by atoms with E-state index >= 15 is 0 Å². The molecule has 1 aliphatic rings. The van der Waals surface area contributed by atoms with Crippen molar-refractivity contribution >= 4 is 15.9 Å². The Labute approximate surface area is 108 Å². The highest BCUT2D eigenvalue weighted by Gasteiger charge is 2.29. The molecule has 17 heavy (non-hydrogen) atoms. The van der Waals surface area contributed by atoms with Crippen LogP contribution >= 0.6 is 15.9 Å². The Morgan fingerprint density at radius 1 is 1.24 bits per heavy atom. The molecule has 1 unspecified atom stereocenters. The predicted molar refractivity (Wildman–Crippen MR) is 68.9 cm³/mol. The number of hydrogen-bond donors (Lipinski definition) is 1. The molecule has 2 aromatic rings. The minimum atomic E-state index is -0.684. The first-order valence-electron chi connectivity index (χ1n) is 5.77. The van der Waals surface area contributed by atoms with Gasteiger partial charge >= 0.3 is 0 Å². The quantitative estimate of drug-likeness (QED) is 0.928. The number of rotatable bonds is 3. The Morgan fingerprint density at radius 3 is 2.65 bits per heavy atom. The summed E-state index contributed by atoms with van der Waals surface area (Å²) in [4.78, 5) is 0. The summed E-state index contributed by atoms with van der Waals surface area (Å²) in [6.07, 6.45) is 3.35. The van der Waals surface area contributed by atoms with Gasteiger partial charge in [-0.1, -0.05) is 24.3 Å². The molecule has 1 atom stereocenters. The lowest BCUT2D eigenvalue weighted by Gasteiger charge is -2.13. The second kappa shape index (κ2) is 4.31. The lowest BCUT2D eigenvalue weighted by atomic mass is 9.97. The van der Waals surface area contributed by atoms with Crippen LogP contribution in [0.3, 0.4) is 0 Å². The zero-order valence-corrected chi connectivity index (χ0v) is 10.9. The molecule has 0 amide bonds. The number of benzene rings is 1. The summed E-state index contributed by atoms with van der Waals surface area (Å²) < 4.78 is 6.15. The molecule has 0 bridgehead atoms. The molecule has 3 heteroatoms. The molecule has 0 radical (unpaired) electrons. The highest BCUT2D eigenvalue weighted by atomic mass is 79.9. The first-order chi connectivity index (χ1) is 8.27. The van der Waals surface area contributed by atoms with Crippen molar-refractivity contribution in [3.05, 3.63) is 58.0 Å². The fourth-order valence-electron chi connectivity index (χ4n) is 2.17. The van der Waals surface area contributed by atoms with Gasteiger partial charge in [-0.2, -0.15) is 0 Å². The molecule has 0 spiro atoms. The third kappa shape index (κ3) is 2.05. The Hall–Kier alpha value is -1.06. The van der Waals surface area contributed by atoms with Crippen LogP contribution in [0.4, 0.5) is 0 Å². The molecule has 1 saturated carbocycles. The van der Waals surface area contributed by atoms with E-state index in [2.05, 4.69) is 22.0 Å². The summed E-state index contributed by atoms with van der Waals surface area (Å²) in [5, 5.41) is 10.4. The predicted octanol–water partition coefficient (Wildman–Crippen LogP) is 4.00. The SMILES string of the molecule is OC(c1ccccc1C1CC1)c1occc1Br. The third-order valence-electron chi connectivity index (χ3n) is 3.20. The third-order valence-corrected chi connectivity index (χ3v) is 3.86. The van der Waals surface area contributed by atoms with Crippen LogP contribution in [0.1, 0.15) is 41.8 Å². The summed E-state index contributed by atoms with van der Waals surface area (Å²) in [6.45, 7) is 0. The summed E-state index contributed by atoms with van der Waals surface area (Å²) in [6, 6.07) is 9.88.